The molecule has 1 rings (SSSR count). The van der Waals surface area contributed by atoms with Crippen molar-refractivity contribution in [1.29, 1.82) is 0 Å². The van der Waals surface area contributed by atoms with Gasteiger partial charge in [0.15, 0.2) is 0 Å². The second-order valence-electron chi connectivity index (χ2n) is 4.76. The van der Waals surface area contributed by atoms with Crippen LogP contribution in [0.5, 0.6) is 5.75 Å². The predicted molar refractivity (Wildman–Crippen MR) is 83.4 cm³/mol. The van der Waals surface area contributed by atoms with Crippen LogP contribution < -0.4 is 4.74 Å². The molecule has 1 N–H and O–H groups in total. The van der Waals surface area contributed by atoms with Gasteiger partial charge in [0, 0.05) is 6.42 Å². The van der Waals surface area contributed by atoms with Crippen LogP contribution in [0.25, 0.3) is 0 Å². The Kier molecular flexibility index (Phi) is 13.3. The number of hydrogen-bond donors (Lipinski definition) is 1. The molecule has 1 aromatic carbocycles. The third kappa shape index (κ3) is 12.9. The molecule has 0 fully saturated rings. The Balaban J connectivity index is 0.00000122. The monoisotopic (exact) mass is 294 g/mol. The molecule has 0 atom stereocenters. The van der Waals surface area contributed by atoms with E-state index in [0.29, 0.717) is 12.2 Å². The first-order valence-corrected chi connectivity index (χ1v) is 7.58. The van der Waals surface area contributed by atoms with Crippen molar-refractivity contribution in [2.45, 2.75) is 58.3 Å². The average molecular weight is 294 g/mol. The van der Waals surface area contributed by atoms with Crippen molar-refractivity contribution in [3.63, 3.8) is 0 Å². The van der Waals surface area contributed by atoms with E-state index in [1.807, 2.05) is 30.3 Å². The lowest BCUT2D eigenvalue weighted by Gasteiger charge is -2.04. The van der Waals surface area contributed by atoms with Crippen LogP contribution >= 0.6 is 0 Å². The summed E-state index contributed by atoms with van der Waals surface area (Å²) in [7, 11) is 0. The zero-order valence-electron chi connectivity index (χ0n) is 12.8. The maximum atomic E-state index is 11.5. The summed E-state index contributed by atoms with van der Waals surface area (Å²) in [6, 6.07) is 9.27. The Labute approximate surface area is 127 Å². The van der Waals surface area contributed by atoms with Gasteiger partial charge in [0.2, 0.25) is 0 Å². The SMILES string of the molecule is CCCCCCCCCC(=O)Oc1ccccc1.O=CO. The first kappa shape index (κ1) is 19.2. The van der Waals surface area contributed by atoms with Gasteiger partial charge in [-0.05, 0) is 18.6 Å². The van der Waals surface area contributed by atoms with Gasteiger partial charge in [-0.25, -0.2) is 0 Å². The van der Waals surface area contributed by atoms with Crippen LogP contribution in [-0.4, -0.2) is 17.5 Å². The molecule has 21 heavy (non-hydrogen) atoms. The zero-order chi connectivity index (χ0) is 15.8. The number of para-hydroxylation sites is 1. The highest BCUT2D eigenvalue weighted by atomic mass is 16.5. The number of carboxylic acid groups (broad SMARTS) is 1. The summed E-state index contributed by atoms with van der Waals surface area (Å²) in [5, 5.41) is 6.89. The Morgan fingerprint density at radius 3 is 2.14 bits per heavy atom. The molecule has 0 aromatic heterocycles. The van der Waals surface area contributed by atoms with Gasteiger partial charge >= 0.3 is 5.97 Å². The number of esters is 1. The third-order valence-electron chi connectivity index (χ3n) is 2.96. The molecule has 0 bridgehead atoms. The lowest BCUT2D eigenvalue weighted by Crippen LogP contribution is -2.07. The van der Waals surface area contributed by atoms with Crippen molar-refractivity contribution in [3.8, 4) is 5.75 Å². The molecule has 118 valence electrons. The number of benzene rings is 1. The molecule has 0 saturated carbocycles. The van der Waals surface area contributed by atoms with Crippen molar-refractivity contribution < 1.29 is 19.4 Å². The highest BCUT2D eigenvalue weighted by molar-refractivity contribution is 5.72. The fraction of sp³-hybridized carbons (Fsp3) is 0.529. The van der Waals surface area contributed by atoms with Gasteiger partial charge in [0.25, 0.3) is 6.47 Å². The quantitative estimate of drug-likeness (QED) is 0.316. The largest absolute Gasteiger partial charge is 0.483 e. The van der Waals surface area contributed by atoms with E-state index in [9.17, 15) is 4.79 Å². The summed E-state index contributed by atoms with van der Waals surface area (Å²) in [6.45, 7) is 1.97. The van der Waals surface area contributed by atoms with Gasteiger partial charge in [-0.1, -0.05) is 63.6 Å². The lowest BCUT2D eigenvalue weighted by atomic mass is 10.1. The molecule has 0 aliphatic carbocycles. The summed E-state index contributed by atoms with van der Waals surface area (Å²) in [6.07, 6.45) is 9.07. The Morgan fingerprint density at radius 1 is 1.05 bits per heavy atom. The van der Waals surface area contributed by atoms with Gasteiger partial charge in [-0.15, -0.1) is 0 Å². The fourth-order valence-electron chi connectivity index (χ4n) is 1.90. The van der Waals surface area contributed by atoms with Gasteiger partial charge in [0.1, 0.15) is 5.75 Å². The minimum atomic E-state index is -0.250. The number of hydrogen-bond acceptors (Lipinski definition) is 3. The minimum Gasteiger partial charge on any atom is -0.483 e. The molecule has 0 spiro atoms. The van der Waals surface area contributed by atoms with E-state index >= 15 is 0 Å². The van der Waals surface area contributed by atoms with Crippen LogP contribution in [0, 0.1) is 0 Å². The van der Waals surface area contributed by atoms with Crippen LogP contribution in [0.2, 0.25) is 0 Å². The second-order valence-corrected chi connectivity index (χ2v) is 4.76. The maximum Gasteiger partial charge on any atom is 0.311 e. The molecule has 4 heteroatoms. The van der Waals surface area contributed by atoms with Crippen LogP contribution in [0.1, 0.15) is 58.3 Å². The highest BCUT2D eigenvalue weighted by Gasteiger charge is 2.03. The highest BCUT2D eigenvalue weighted by Crippen LogP contribution is 2.12. The van der Waals surface area contributed by atoms with Crippen molar-refractivity contribution in [2.75, 3.05) is 0 Å². The number of rotatable bonds is 9. The number of ether oxygens (including phenoxy) is 1. The third-order valence-corrected chi connectivity index (χ3v) is 2.96. The molecule has 0 amide bonds. The summed E-state index contributed by atoms with van der Waals surface area (Å²) in [5.74, 6) is 0.528. The van der Waals surface area contributed by atoms with Crippen LogP contribution in [0.15, 0.2) is 30.3 Å². The molecule has 0 saturated heterocycles. The Bertz CT molecular complexity index is 362. The normalized spacial score (nSPS) is 9.38. The molecular weight excluding hydrogens is 268 g/mol. The first-order valence-electron chi connectivity index (χ1n) is 7.58. The van der Waals surface area contributed by atoms with Crippen LogP contribution in [-0.2, 0) is 9.59 Å². The molecule has 0 heterocycles. The van der Waals surface area contributed by atoms with Gasteiger partial charge in [-0.3, -0.25) is 9.59 Å². The number of unbranched alkanes of at least 4 members (excludes halogenated alkanes) is 6. The summed E-state index contributed by atoms with van der Waals surface area (Å²) in [4.78, 5) is 19.9. The lowest BCUT2D eigenvalue weighted by molar-refractivity contribution is -0.134. The van der Waals surface area contributed by atoms with Gasteiger partial charge in [0.05, 0.1) is 0 Å². The maximum absolute atomic E-state index is 11.5. The fourth-order valence-corrected chi connectivity index (χ4v) is 1.90. The van der Waals surface area contributed by atoms with E-state index in [2.05, 4.69) is 6.92 Å². The van der Waals surface area contributed by atoms with E-state index < -0.39 is 0 Å². The smallest absolute Gasteiger partial charge is 0.311 e. The minimum absolute atomic E-state index is 0.116. The van der Waals surface area contributed by atoms with Crippen molar-refractivity contribution in [1.82, 2.24) is 0 Å². The molecule has 1 aromatic rings. The van der Waals surface area contributed by atoms with Gasteiger partial charge < -0.3 is 9.84 Å². The molecule has 0 aliphatic rings. The summed E-state index contributed by atoms with van der Waals surface area (Å²) in [5.41, 5.74) is 0. The van der Waals surface area contributed by atoms with Crippen molar-refractivity contribution in [3.05, 3.63) is 30.3 Å². The number of carbonyl (C=O) groups is 2. The van der Waals surface area contributed by atoms with Crippen molar-refractivity contribution in [2.24, 2.45) is 0 Å². The van der Waals surface area contributed by atoms with E-state index in [1.54, 1.807) is 0 Å². The average Bonchev–Trinajstić information content (AvgIpc) is 2.48. The summed E-state index contributed by atoms with van der Waals surface area (Å²) < 4.78 is 5.22. The van der Waals surface area contributed by atoms with Crippen molar-refractivity contribution >= 4 is 12.4 Å². The van der Waals surface area contributed by atoms with E-state index in [0.717, 1.165) is 12.8 Å². The van der Waals surface area contributed by atoms with Crippen LogP contribution in [0.4, 0.5) is 0 Å². The zero-order valence-corrected chi connectivity index (χ0v) is 12.8. The first-order chi connectivity index (χ1) is 10.2. The van der Waals surface area contributed by atoms with E-state index in [1.165, 1.54) is 32.1 Å². The van der Waals surface area contributed by atoms with E-state index in [4.69, 9.17) is 14.6 Å². The topological polar surface area (TPSA) is 63.6 Å². The number of carbonyl (C=O) groups excluding carboxylic acids is 1. The Hall–Kier alpha value is -1.84. The molecule has 0 unspecified atom stereocenters. The van der Waals surface area contributed by atoms with E-state index in [-0.39, 0.29) is 12.4 Å². The molecule has 0 radical (unpaired) electrons. The predicted octanol–water partition coefficient (Wildman–Crippen LogP) is 4.43. The van der Waals surface area contributed by atoms with Crippen LogP contribution in [0.3, 0.4) is 0 Å². The Morgan fingerprint density at radius 2 is 1.57 bits per heavy atom. The summed E-state index contributed by atoms with van der Waals surface area (Å²) >= 11 is 0. The second kappa shape index (κ2) is 14.6. The molecule has 4 nitrogen and oxygen atoms in total. The molecule has 0 aliphatic heterocycles. The molecular formula is C17H26O4. The van der Waals surface area contributed by atoms with Gasteiger partial charge in [-0.2, -0.15) is 0 Å². The standard InChI is InChI=1S/C16H24O2.CH2O2/c1-2-3-4-5-6-7-11-14-16(17)18-15-12-9-8-10-13-15;2-1-3/h8-10,12-13H,2-7,11,14H2,1H3;1H,(H,2,3).